The van der Waals surface area contributed by atoms with Gasteiger partial charge in [-0.3, -0.25) is 4.79 Å². The summed E-state index contributed by atoms with van der Waals surface area (Å²) in [6.07, 6.45) is 2.02. The third-order valence-corrected chi connectivity index (χ3v) is 4.62. The lowest BCUT2D eigenvalue weighted by atomic mass is 10.2. The highest BCUT2D eigenvalue weighted by Crippen LogP contribution is 2.35. The molecule has 0 unspecified atom stereocenters. The SMILES string of the molecule is CN(C)CCCCNC(=O)c1sc2cc(Cl)ccc2c1N. The van der Waals surface area contributed by atoms with Crippen LogP contribution in [0.3, 0.4) is 0 Å². The van der Waals surface area contributed by atoms with Gasteiger partial charge < -0.3 is 16.0 Å². The zero-order valence-electron chi connectivity index (χ0n) is 12.3. The monoisotopic (exact) mass is 325 g/mol. The van der Waals surface area contributed by atoms with Gasteiger partial charge in [0.25, 0.3) is 5.91 Å². The molecule has 0 saturated heterocycles. The summed E-state index contributed by atoms with van der Waals surface area (Å²) in [7, 11) is 4.09. The highest BCUT2D eigenvalue weighted by atomic mass is 35.5. The number of carbonyl (C=O) groups is 1. The number of hydrogen-bond acceptors (Lipinski definition) is 4. The van der Waals surface area contributed by atoms with Gasteiger partial charge in [0.05, 0.1) is 5.69 Å². The Morgan fingerprint density at radius 1 is 1.38 bits per heavy atom. The molecule has 0 aliphatic carbocycles. The summed E-state index contributed by atoms with van der Waals surface area (Å²) in [5, 5.41) is 4.47. The van der Waals surface area contributed by atoms with Crippen molar-refractivity contribution in [3.8, 4) is 0 Å². The summed E-state index contributed by atoms with van der Waals surface area (Å²) >= 11 is 7.35. The maximum Gasteiger partial charge on any atom is 0.263 e. The number of unbranched alkanes of at least 4 members (excludes halogenated alkanes) is 1. The summed E-state index contributed by atoms with van der Waals surface area (Å²) in [5.41, 5.74) is 6.60. The first-order valence-electron chi connectivity index (χ1n) is 6.89. The minimum absolute atomic E-state index is 0.102. The lowest BCUT2D eigenvalue weighted by Gasteiger charge is -2.09. The Kier molecular flexibility index (Phi) is 5.45. The number of nitrogens with one attached hydrogen (secondary N) is 1. The van der Waals surface area contributed by atoms with Crippen molar-refractivity contribution in [3.05, 3.63) is 28.1 Å². The lowest BCUT2D eigenvalue weighted by molar-refractivity contribution is 0.0957. The van der Waals surface area contributed by atoms with Crippen LogP contribution in [0, 0.1) is 0 Å². The van der Waals surface area contributed by atoms with Crippen molar-refractivity contribution in [2.24, 2.45) is 0 Å². The first kappa shape index (κ1) is 16.1. The molecule has 0 saturated carbocycles. The van der Waals surface area contributed by atoms with Crippen LogP contribution in [0.2, 0.25) is 5.02 Å². The minimum atomic E-state index is -0.102. The number of halogens is 1. The molecule has 0 spiro atoms. The van der Waals surface area contributed by atoms with Crippen LogP contribution in [0.1, 0.15) is 22.5 Å². The van der Waals surface area contributed by atoms with Crippen molar-refractivity contribution in [3.63, 3.8) is 0 Å². The quantitative estimate of drug-likeness (QED) is 0.802. The predicted octanol–water partition coefficient (Wildman–Crippen LogP) is 3.21. The van der Waals surface area contributed by atoms with Gasteiger partial charge in [0.2, 0.25) is 0 Å². The van der Waals surface area contributed by atoms with E-state index in [1.54, 1.807) is 6.07 Å². The summed E-state index contributed by atoms with van der Waals surface area (Å²) in [6.45, 7) is 1.69. The molecule has 0 fully saturated rings. The fourth-order valence-corrected chi connectivity index (χ4v) is 3.41. The molecule has 114 valence electrons. The standard InChI is InChI=1S/C15H20ClN3OS/c1-19(2)8-4-3-7-18-15(20)14-13(17)11-6-5-10(16)9-12(11)21-14/h5-6,9H,3-4,7-8,17H2,1-2H3,(H,18,20). The average Bonchev–Trinajstić information content (AvgIpc) is 2.74. The first-order valence-corrected chi connectivity index (χ1v) is 8.09. The molecule has 21 heavy (non-hydrogen) atoms. The van der Waals surface area contributed by atoms with Crippen LogP contribution >= 0.6 is 22.9 Å². The van der Waals surface area contributed by atoms with Crippen molar-refractivity contribution in [1.82, 2.24) is 10.2 Å². The molecule has 1 aromatic carbocycles. The molecule has 3 N–H and O–H groups in total. The van der Waals surface area contributed by atoms with Crippen molar-refractivity contribution in [2.45, 2.75) is 12.8 Å². The van der Waals surface area contributed by atoms with Gasteiger partial charge in [0.15, 0.2) is 0 Å². The predicted molar refractivity (Wildman–Crippen MR) is 91.4 cm³/mol. The van der Waals surface area contributed by atoms with Crippen LogP contribution in [0.5, 0.6) is 0 Å². The normalized spacial score (nSPS) is 11.2. The second-order valence-electron chi connectivity index (χ2n) is 5.25. The van der Waals surface area contributed by atoms with Gasteiger partial charge in [-0.1, -0.05) is 11.6 Å². The third kappa shape index (κ3) is 4.09. The van der Waals surface area contributed by atoms with E-state index in [4.69, 9.17) is 17.3 Å². The molecule has 1 heterocycles. The molecule has 4 nitrogen and oxygen atoms in total. The Morgan fingerprint density at radius 3 is 2.86 bits per heavy atom. The number of nitrogens with zero attached hydrogens (tertiary/aromatic N) is 1. The first-order chi connectivity index (χ1) is 9.99. The van der Waals surface area contributed by atoms with Crippen LogP contribution < -0.4 is 11.1 Å². The van der Waals surface area contributed by atoms with Gasteiger partial charge in [0.1, 0.15) is 4.88 Å². The van der Waals surface area contributed by atoms with E-state index in [9.17, 15) is 4.79 Å². The maximum absolute atomic E-state index is 12.2. The Morgan fingerprint density at radius 2 is 2.14 bits per heavy atom. The molecule has 6 heteroatoms. The molecule has 0 radical (unpaired) electrons. The zero-order chi connectivity index (χ0) is 15.4. The van der Waals surface area contributed by atoms with E-state index < -0.39 is 0 Å². The van der Waals surface area contributed by atoms with Crippen LogP contribution in [-0.2, 0) is 0 Å². The van der Waals surface area contributed by atoms with Gasteiger partial charge in [-0.2, -0.15) is 0 Å². The summed E-state index contributed by atoms with van der Waals surface area (Å²) in [6, 6.07) is 5.49. The molecule has 0 aliphatic rings. The van der Waals surface area contributed by atoms with E-state index in [1.165, 1.54) is 11.3 Å². The fourth-order valence-electron chi connectivity index (χ4n) is 2.09. The number of nitrogen functional groups attached to an aromatic ring is 1. The Hall–Kier alpha value is -1.30. The number of benzene rings is 1. The molecule has 1 aromatic heterocycles. The van der Waals surface area contributed by atoms with Gasteiger partial charge in [-0.15, -0.1) is 11.3 Å². The van der Waals surface area contributed by atoms with Crippen molar-refractivity contribution >= 4 is 44.6 Å². The van der Waals surface area contributed by atoms with Gasteiger partial charge in [-0.05, 0) is 51.7 Å². The number of thiophene rings is 1. The van der Waals surface area contributed by atoms with Crippen molar-refractivity contribution < 1.29 is 4.79 Å². The summed E-state index contributed by atoms with van der Waals surface area (Å²) in [5.74, 6) is -0.102. The van der Waals surface area contributed by atoms with Gasteiger partial charge in [-0.25, -0.2) is 0 Å². The topological polar surface area (TPSA) is 58.4 Å². The van der Waals surface area contributed by atoms with Crippen LogP contribution in [0.25, 0.3) is 10.1 Å². The second kappa shape index (κ2) is 7.11. The summed E-state index contributed by atoms with van der Waals surface area (Å²) < 4.78 is 0.942. The highest BCUT2D eigenvalue weighted by molar-refractivity contribution is 7.21. The molecule has 2 aromatic rings. The van der Waals surface area contributed by atoms with Crippen molar-refractivity contribution in [1.29, 1.82) is 0 Å². The van der Waals surface area contributed by atoms with E-state index in [-0.39, 0.29) is 5.91 Å². The van der Waals surface area contributed by atoms with E-state index in [0.717, 1.165) is 29.5 Å². The molecule has 0 bridgehead atoms. The molecule has 0 aliphatic heterocycles. The number of carbonyl (C=O) groups excluding carboxylic acids is 1. The Balaban J connectivity index is 1.98. The second-order valence-corrected chi connectivity index (χ2v) is 6.74. The van der Waals surface area contributed by atoms with E-state index in [0.29, 0.717) is 22.1 Å². The molecular formula is C15H20ClN3OS. The van der Waals surface area contributed by atoms with E-state index in [1.807, 2.05) is 26.2 Å². The molecule has 2 rings (SSSR count). The van der Waals surface area contributed by atoms with Gasteiger partial charge in [0, 0.05) is 21.7 Å². The number of rotatable bonds is 6. The number of fused-ring (bicyclic) bond motifs is 1. The minimum Gasteiger partial charge on any atom is -0.397 e. The molecular weight excluding hydrogens is 306 g/mol. The maximum atomic E-state index is 12.2. The summed E-state index contributed by atoms with van der Waals surface area (Å²) in [4.78, 5) is 14.9. The van der Waals surface area contributed by atoms with E-state index in [2.05, 4.69) is 10.2 Å². The third-order valence-electron chi connectivity index (χ3n) is 3.21. The van der Waals surface area contributed by atoms with Crippen LogP contribution in [0.15, 0.2) is 18.2 Å². The largest absolute Gasteiger partial charge is 0.397 e. The van der Waals surface area contributed by atoms with Gasteiger partial charge >= 0.3 is 0 Å². The number of anilines is 1. The van der Waals surface area contributed by atoms with Crippen LogP contribution in [-0.4, -0.2) is 38.0 Å². The Bertz CT molecular complexity index is 639. The number of amides is 1. The zero-order valence-corrected chi connectivity index (χ0v) is 13.9. The number of hydrogen-bond donors (Lipinski definition) is 2. The lowest BCUT2D eigenvalue weighted by Crippen LogP contribution is -2.25. The highest BCUT2D eigenvalue weighted by Gasteiger charge is 2.16. The smallest absolute Gasteiger partial charge is 0.263 e. The fraction of sp³-hybridized carbons (Fsp3) is 0.400. The average molecular weight is 326 g/mol. The Labute approximate surface area is 133 Å². The molecule has 1 amide bonds. The van der Waals surface area contributed by atoms with Crippen LogP contribution in [0.4, 0.5) is 5.69 Å². The van der Waals surface area contributed by atoms with E-state index >= 15 is 0 Å². The molecule has 0 atom stereocenters. The van der Waals surface area contributed by atoms with Crippen molar-refractivity contribution in [2.75, 3.05) is 32.9 Å². The number of nitrogens with two attached hydrogens (primary N) is 1.